The number of amides is 2. The fourth-order valence-corrected chi connectivity index (χ4v) is 2.97. The number of hydrogen-bond donors (Lipinski definition) is 1. The van der Waals surface area contributed by atoms with E-state index in [0.717, 1.165) is 0 Å². The fourth-order valence-electron chi connectivity index (χ4n) is 2.84. The summed E-state index contributed by atoms with van der Waals surface area (Å²) in [5, 5.41) is 3.63. The number of methoxy groups -OCH3 is 2. The summed E-state index contributed by atoms with van der Waals surface area (Å²) in [6.45, 7) is 0.426. The number of imide groups is 1. The number of halogens is 1. The van der Waals surface area contributed by atoms with E-state index in [2.05, 4.69) is 5.32 Å². The Morgan fingerprint density at radius 1 is 1.00 bits per heavy atom. The van der Waals surface area contributed by atoms with Crippen LogP contribution >= 0.6 is 11.6 Å². The van der Waals surface area contributed by atoms with Crippen LogP contribution in [0.5, 0.6) is 5.75 Å². The molecule has 2 aromatic carbocycles. The summed E-state index contributed by atoms with van der Waals surface area (Å²) >= 11 is 5.96. The van der Waals surface area contributed by atoms with Gasteiger partial charge in [0.1, 0.15) is 11.4 Å². The number of nitrogens with one attached hydrogen (secondary N) is 1. The van der Waals surface area contributed by atoms with Crippen LogP contribution in [0.15, 0.2) is 54.2 Å². The van der Waals surface area contributed by atoms with Gasteiger partial charge in [-0.2, -0.15) is 0 Å². The minimum Gasteiger partial charge on any atom is -0.495 e. The number of benzene rings is 2. The highest BCUT2D eigenvalue weighted by Gasteiger charge is 2.39. The fraction of sp³-hybridized carbons (Fsp3) is 0.200. The number of hydrogen-bond acceptors (Lipinski definition) is 5. The molecule has 1 aliphatic rings. The molecule has 0 unspecified atom stereocenters. The van der Waals surface area contributed by atoms with Crippen LogP contribution in [0.2, 0.25) is 5.02 Å². The Morgan fingerprint density at radius 3 is 2.37 bits per heavy atom. The van der Waals surface area contributed by atoms with Crippen molar-refractivity contribution in [2.45, 2.75) is 0 Å². The summed E-state index contributed by atoms with van der Waals surface area (Å²) < 4.78 is 10.4. The minimum absolute atomic E-state index is 0.169. The average molecular weight is 387 g/mol. The van der Waals surface area contributed by atoms with Gasteiger partial charge in [0.05, 0.1) is 31.5 Å². The van der Waals surface area contributed by atoms with Gasteiger partial charge in [0.2, 0.25) is 0 Å². The molecule has 0 radical (unpaired) electrons. The number of carbonyl (C=O) groups is 2. The van der Waals surface area contributed by atoms with Crippen molar-refractivity contribution in [3.05, 3.63) is 64.8 Å². The predicted molar refractivity (Wildman–Crippen MR) is 104 cm³/mol. The van der Waals surface area contributed by atoms with Gasteiger partial charge in [0.25, 0.3) is 11.8 Å². The summed E-state index contributed by atoms with van der Waals surface area (Å²) in [5.74, 6) is -0.222. The number of rotatable bonds is 7. The number of para-hydroxylation sites is 2. The van der Waals surface area contributed by atoms with Crippen molar-refractivity contribution in [3.8, 4) is 5.75 Å². The van der Waals surface area contributed by atoms with Gasteiger partial charge >= 0.3 is 0 Å². The zero-order chi connectivity index (χ0) is 19.4. The van der Waals surface area contributed by atoms with Gasteiger partial charge < -0.3 is 14.8 Å². The first-order chi connectivity index (χ1) is 13.1. The van der Waals surface area contributed by atoms with Crippen LogP contribution in [0.1, 0.15) is 5.56 Å². The second-order valence-electron chi connectivity index (χ2n) is 5.84. The highest BCUT2D eigenvalue weighted by molar-refractivity contribution is 6.37. The molecule has 0 saturated heterocycles. The SMILES string of the molecule is COCCN1C(=O)C(Nc2ccccc2OC)=C(c2ccc(Cl)cc2)C1=O. The lowest BCUT2D eigenvalue weighted by Crippen LogP contribution is -2.35. The highest BCUT2D eigenvalue weighted by atomic mass is 35.5. The van der Waals surface area contributed by atoms with Gasteiger partial charge in [-0.1, -0.05) is 35.9 Å². The van der Waals surface area contributed by atoms with Crippen molar-refractivity contribution >= 4 is 34.7 Å². The molecule has 0 aromatic heterocycles. The van der Waals surface area contributed by atoms with Gasteiger partial charge in [0.15, 0.2) is 0 Å². The standard InChI is InChI=1S/C20H19ClN2O4/c1-26-12-11-23-19(24)17(13-7-9-14(21)10-8-13)18(20(23)25)22-15-5-3-4-6-16(15)27-2/h3-10,22H,11-12H2,1-2H3. The van der Waals surface area contributed by atoms with Gasteiger partial charge in [-0.25, -0.2) is 0 Å². The molecule has 6 nitrogen and oxygen atoms in total. The quantitative estimate of drug-likeness (QED) is 0.740. The molecule has 0 atom stereocenters. The van der Waals surface area contributed by atoms with Gasteiger partial charge in [-0.15, -0.1) is 0 Å². The Hall–Kier alpha value is -2.83. The second-order valence-corrected chi connectivity index (χ2v) is 6.27. The normalized spacial score (nSPS) is 14.1. The van der Waals surface area contributed by atoms with Crippen LogP contribution in [0.4, 0.5) is 5.69 Å². The predicted octanol–water partition coefficient (Wildman–Crippen LogP) is 3.19. The summed E-state index contributed by atoms with van der Waals surface area (Å²) in [4.78, 5) is 27.1. The van der Waals surface area contributed by atoms with Crippen LogP contribution in [0, 0.1) is 0 Å². The first-order valence-corrected chi connectivity index (χ1v) is 8.70. The van der Waals surface area contributed by atoms with Crippen LogP contribution < -0.4 is 10.1 Å². The lowest BCUT2D eigenvalue weighted by molar-refractivity contribution is -0.137. The van der Waals surface area contributed by atoms with Crippen molar-refractivity contribution in [2.75, 3.05) is 32.7 Å². The van der Waals surface area contributed by atoms with Gasteiger partial charge in [-0.3, -0.25) is 14.5 Å². The number of nitrogens with zero attached hydrogens (tertiary/aromatic N) is 1. The molecule has 0 bridgehead atoms. The van der Waals surface area contributed by atoms with E-state index < -0.39 is 5.91 Å². The lowest BCUT2D eigenvalue weighted by Gasteiger charge is -2.15. The summed E-state index contributed by atoms with van der Waals surface area (Å²) in [6.07, 6.45) is 0. The molecule has 27 heavy (non-hydrogen) atoms. The van der Waals surface area contributed by atoms with E-state index in [1.165, 1.54) is 12.0 Å². The van der Waals surface area contributed by atoms with Crippen molar-refractivity contribution < 1.29 is 19.1 Å². The Morgan fingerprint density at radius 2 is 1.70 bits per heavy atom. The monoisotopic (exact) mass is 386 g/mol. The van der Waals surface area contributed by atoms with Crippen LogP contribution in [-0.2, 0) is 14.3 Å². The molecule has 0 spiro atoms. The molecule has 140 valence electrons. The molecular formula is C20H19ClN2O4. The van der Waals surface area contributed by atoms with E-state index >= 15 is 0 Å². The minimum atomic E-state index is -0.409. The summed E-state index contributed by atoms with van der Waals surface area (Å²) in [7, 11) is 3.06. The van der Waals surface area contributed by atoms with Crippen molar-refractivity contribution in [2.24, 2.45) is 0 Å². The number of anilines is 1. The van der Waals surface area contributed by atoms with Crippen LogP contribution in [-0.4, -0.2) is 44.1 Å². The van der Waals surface area contributed by atoms with Crippen molar-refractivity contribution in [3.63, 3.8) is 0 Å². The zero-order valence-corrected chi connectivity index (χ0v) is 15.7. The Kier molecular flexibility index (Phi) is 5.78. The zero-order valence-electron chi connectivity index (χ0n) is 15.0. The van der Waals surface area contributed by atoms with Crippen molar-refractivity contribution in [1.29, 1.82) is 0 Å². The molecule has 3 rings (SSSR count). The Bertz CT molecular complexity index is 893. The largest absolute Gasteiger partial charge is 0.495 e. The van der Waals surface area contributed by atoms with E-state index in [1.807, 2.05) is 12.1 Å². The first kappa shape index (κ1) is 18.9. The maximum Gasteiger partial charge on any atom is 0.278 e. The number of ether oxygens (including phenoxy) is 2. The summed E-state index contributed by atoms with van der Waals surface area (Å²) in [6, 6.07) is 14.0. The molecule has 2 aromatic rings. The van der Waals surface area contributed by atoms with Gasteiger partial charge in [-0.05, 0) is 29.8 Å². The molecule has 7 heteroatoms. The molecular weight excluding hydrogens is 368 g/mol. The van der Waals surface area contributed by atoms with Gasteiger partial charge in [0, 0.05) is 12.1 Å². The van der Waals surface area contributed by atoms with E-state index in [1.54, 1.807) is 43.5 Å². The van der Waals surface area contributed by atoms with Crippen LogP contribution in [0.25, 0.3) is 5.57 Å². The van der Waals surface area contributed by atoms with E-state index in [9.17, 15) is 9.59 Å². The first-order valence-electron chi connectivity index (χ1n) is 8.32. The van der Waals surface area contributed by atoms with E-state index in [4.69, 9.17) is 21.1 Å². The topological polar surface area (TPSA) is 67.9 Å². The third kappa shape index (κ3) is 3.82. The molecule has 0 saturated carbocycles. The molecule has 2 amide bonds. The molecule has 0 fully saturated rings. The van der Waals surface area contributed by atoms with E-state index in [0.29, 0.717) is 27.6 Å². The maximum atomic E-state index is 12.9. The molecule has 1 aliphatic heterocycles. The average Bonchev–Trinajstić information content (AvgIpc) is 2.91. The third-order valence-corrected chi connectivity index (χ3v) is 4.44. The number of carbonyl (C=O) groups excluding carboxylic acids is 2. The Balaban J connectivity index is 2.06. The van der Waals surface area contributed by atoms with Crippen LogP contribution in [0.3, 0.4) is 0 Å². The van der Waals surface area contributed by atoms with E-state index in [-0.39, 0.29) is 24.8 Å². The highest BCUT2D eigenvalue weighted by Crippen LogP contribution is 2.33. The lowest BCUT2D eigenvalue weighted by atomic mass is 10.0. The maximum absolute atomic E-state index is 12.9. The molecule has 0 aliphatic carbocycles. The summed E-state index contributed by atoms with van der Waals surface area (Å²) in [5.41, 5.74) is 1.69. The van der Waals surface area contributed by atoms with Crippen molar-refractivity contribution in [1.82, 2.24) is 4.90 Å². The molecule has 1 N–H and O–H groups in total. The third-order valence-electron chi connectivity index (χ3n) is 4.19. The molecule has 1 heterocycles. The Labute approximate surface area is 162 Å². The second kappa shape index (κ2) is 8.24. The smallest absolute Gasteiger partial charge is 0.278 e.